The van der Waals surface area contributed by atoms with Gasteiger partial charge in [0, 0.05) is 4.47 Å². The fourth-order valence-electron chi connectivity index (χ4n) is 1.95. The summed E-state index contributed by atoms with van der Waals surface area (Å²) in [7, 11) is 1.55. The summed E-state index contributed by atoms with van der Waals surface area (Å²) in [5.41, 5.74) is 6.38. The van der Waals surface area contributed by atoms with Gasteiger partial charge in [-0.25, -0.2) is 0 Å². The van der Waals surface area contributed by atoms with E-state index in [2.05, 4.69) is 21.2 Å². The largest absolute Gasteiger partial charge is 0.495 e. The molecule has 2 aromatic carbocycles. The van der Waals surface area contributed by atoms with Gasteiger partial charge in [0.05, 0.1) is 12.8 Å². The van der Waals surface area contributed by atoms with Crippen LogP contribution in [0.5, 0.6) is 5.75 Å². The lowest BCUT2D eigenvalue weighted by atomic mass is 9.92. The van der Waals surface area contributed by atoms with Gasteiger partial charge in [0.15, 0.2) is 0 Å². The van der Waals surface area contributed by atoms with E-state index < -0.39 is 5.54 Å². The van der Waals surface area contributed by atoms with Crippen molar-refractivity contribution in [1.82, 2.24) is 0 Å². The standard InChI is InChI=1S/C16H17BrN2O2/c1-16(18,11-6-4-3-5-7-11)15(20)19-13-10-12(17)8-9-14(13)21-2/h3-10H,18H2,1-2H3,(H,19,20). The van der Waals surface area contributed by atoms with Crippen LogP contribution in [0, 0.1) is 0 Å². The van der Waals surface area contributed by atoms with Gasteiger partial charge in [-0.1, -0.05) is 46.3 Å². The van der Waals surface area contributed by atoms with E-state index in [0.717, 1.165) is 10.0 Å². The van der Waals surface area contributed by atoms with Crippen LogP contribution in [0.4, 0.5) is 5.69 Å². The number of amides is 1. The van der Waals surface area contributed by atoms with Crippen molar-refractivity contribution >= 4 is 27.5 Å². The molecule has 4 nitrogen and oxygen atoms in total. The molecule has 1 amide bonds. The van der Waals surface area contributed by atoms with E-state index in [-0.39, 0.29) is 5.91 Å². The zero-order valence-electron chi connectivity index (χ0n) is 11.9. The van der Waals surface area contributed by atoms with Crippen molar-refractivity contribution in [2.45, 2.75) is 12.5 Å². The molecule has 0 fully saturated rings. The number of anilines is 1. The molecule has 1 atom stereocenters. The van der Waals surface area contributed by atoms with Crippen molar-refractivity contribution in [3.8, 4) is 5.75 Å². The highest BCUT2D eigenvalue weighted by atomic mass is 79.9. The van der Waals surface area contributed by atoms with E-state index >= 15 is 0 Å². The van der Waals surface area contributed by atoms with E-state index in [1.54, 1.807) is 26.2 Å². The van der Waals surface area contributed by atoms with Crippen molar-refractivity contribution in [2.75, 3.05) is 12.4 Å². The number of nitrogens with two attached hydrogens (primary N) is 1. The number of carbonyl (C=O) groups is 1. The molecule has 2 rings (SSSR count). The van der Waals surface area contributed by atoms with Crippen LogP contribution in [-0.4, -0.2) is 13.0 Å². The van der Waals surface area contributed by atoms with Gasteiger partial charge in [0.2, 0.25) is 5.91 Å². The predicted molar refractivity (Wildman–Crippen MR) is 87.3 cm³/mol. The Labute approximate surface area is 132 Å². The first kappa shape index (κ1) is 15.5. The Kier molecular flexibility index (Phi) is 4.65. The summed E-state index contributed by atoms with van der Waals surface area (Å²) < 4.78 is 6.09. The summed E-state index contributed by atoms with van der Waals surface area (Å²) in [5, 5.41) is 2.82. The second kappa shape index (κ2) is 6.28. The normalized spacial score (nSPS) is 13.3. The SMILES string of the molecule is COc1ccc(Br)cc1NC(=O)C(C)(N)c1ccccc1. The van der Waals surface area contributed by atoms with Gasteiger partial charge < -0.3 is 15.8 Å². The average molecular weight is 349 g/mol. The number of hydrogen-bond acceptors (Lipinski definition) is 3. The molecule has 0 spiro atoms. The van der Waals surface area contributed by atoms with Crippen molar-refractivity contribution in [1.29, 1.82) is 0 Å². The molecule has 0 bridgehead atoms. The number of benzene rings is 2. The lowest BCUT2D eigenvalue weighted by Gasteiger charge is -2.24. The van der Waals surface area contributed by atoms with Crippen LogP contribution in [0.1, 0.15) is 12.5 Å². The quantitative estimate of drug-likeness (QED) is 0.891. The minimum atomic E-state index is -1.13. The van der Waals surface area contributed by atoms with E-state index in [9.17, 15) is 4.79 Å². The van der Waals surface area contributed by atoms with Crippen molar-refractivity contribution in [3.05, 3.63) is 58.6 Å². The number of carbonyl (C=O) groups excluding carboxylic acids is 1. The fraction of sp³-hybridized carbons (Fsp3) is 0.188. The zero-order valence-corrected chi connectivity index (χ0v) is 13.5. The minimum Gasteiger partial charge on any atom is -0.495 e. The third-order valence-corrected chi connectivity index (χ3v) is 3.75. The Morgan fingerprint density at radius 3 is 2.52 bits per heavy atom. The second-order valence-electron chi connectivity index (χ2n) is 4.87. The Bertz CT molecular complexity index is 642. The number of methoxy groups -OCH3 is 1. The van der Waals surface area contributed by atoms with Gasteiger partial charge in [0.1, 0.15) is 11.3 Å². The van der Waals surface area contributed by atoms with E-state index in [0.29, 0.717) is 11.4 Å². The third-order valence-electron chi connectivity index (χ3n) is 3.25. The molecule has 0 radical (unpaired) electrons. The Morgan fingerprint density at radius 1 is 1.24 bits per heavy atom. The maximum atomic E-state index is 12.5. The molecule has 0 heterocycles. The molecule has 0 aromatic heterocycles. The number of nitrogens with one attached hydrogen (secondary N) is 1. The monoisotopic (exact) mass is 348 g/mol. The molecule has 0 aliphatic carbocycles. The summed E-state index contributed by atoms with van der Waals surface area (Å²) >= 11 is 3.37. The third kappa shape index (κ3) is 3.43. The molecular formula is C16H17BrN2O2. The van der Waals surface area contributed by atoms with E-state index in [1.165, 1.54) is 0 Å². The number of hydrogen-bond donors (Lipinski definition) is 2. The molecule has 110 valence electrons. The summed E-state index contributed by atoms with van der Waals surface area (Å²) in [5.74, 6) is 0.278. The highest BCUT2D eigenvalue weighted by Crippen LogP contribution is 2.29. The Balaban J connectivity index is 2.27. The predicted octanol–water partition coefficient (Wildman–Crippen LogP) is 3.27. The van der Waals surface area contributed by atoms with Crippen LogP contribution in [0.3, 0.4) is 0 Å². The van der Waals surface area contributed by atoms with E-state index in [1.807, 2.05) is 36.4 Å². The lowest BCUT2D eigenvalue weighted by Crippen LogP contribution is -2.45. The van der Waals surface area contributed by atoms with Gasteiger partial charge in [-0.05, 0) is 30.7 Å². The van der Waals surface area contributed by atoms with Crippen molar-refractivity contribution < 1.29 is 9.53 Å². The topological polar surface area (TPSA) is 64.3 Å². The van der Waals surface area contributed by atoms with Crippen molar-refractivity contribution in [3.63, 3.8) is 0 Å². The highest BCUT2D eigenvalue weighted by Gasteiger charge is 2.30. The Hall–Kier alpha value is -1.85. The zero-order chi connectivity index (χ0) is 15.5. The molecule has 0 saturated carbocycles. The molecular weight excluding hydrogens is 332 g/mol. The number of halogens is 1. The molecule has 2 aromatic rings. The highest BCUT2D eigenvalue weighted by molar-refractivity contribution is 9.10. The maximum Gasteiger partial charge on any atom is 0.248 e. The van der Waals surface area contributed by atoms with Crippen LogP contribution < -0.4 is 15.8 Å². The first-order valence-electron chi connectivity index (χ1n) is 6.44. The first-order chi connectivity index (χ1) is 9.95. The number of ether oxygens (including phenoxy) is 1. The molecule has 1 unspecified atom stereocenters. The maximum absolute atomic E-state index is 12.5. The minimum absolute atomic E-state index is 0.301. The summed E-state index contributed by atoms with van der Waals surface area (Å²) in [6, 6.07) is 14.6. The average Bonchev–Trinajstić information content (AvgIpc) is 2.48. The Morgan fingerprint density at radius 2 is 1.90 bits per heavy atom. The van der Waals surface area contributed by atoms with Crippen LogP contribution in [-0.2, 0) is 10.3 Å². The molecule has 0 aliphatic rings. The molecule has 5 heteroatoms. The molecule has 0 saturated heterocycles. The lowest BCUT2D eigenvalue weighted by molar-refractivity contribution is -0.120. The van der Waals surface area contributed by atoms with Crippen LogP contribution in [0.2, 0.25) is 0 Å². The van der Waals surface area contributed by atoms with Crippen LogP contribution >= 0.6 is 15.9 Å². The van der Waals surface area contributed by atoms with Crippen LogP contribution in [0.15, 0.2) is 53.0 Å². The summed E-state index contributed by atoms with van der Waals surface area (Å²) in [4.78, 5) is 12.5. The van der Waals surface area contributed by atoms with Gasteiger partial charge in [0.25, 0.3) is 0 Å². The van der Waals surface area contributed by atoms with Crippen LogP contribution in [0.25, 0.3) is 0 Å². The van der Waals surface area contributed by atoms with Gasteiger partial charge >= 0.3 is 0 Å². The van der Waals surface area contributed by atoms with Crippen molar-refractivity contribution in [2.24, 2.45) is 5.73 Å². The van der Waals surface area contributed by atoms with Gasteiger partial charge in [-0.3, -0.25) is 4.79 Å². The summed E-state index contributed by atoms with van der Waals surface area (Å²) in [6.45, 7) is 1.68. The molecule has 3 N–H and O–H groups in total. The van der Waals surface area contributed by atoms with Gasteiger partial charge in [-0.15, -0.1) is 0 Å². The molecule has 0 aliphatic heterocycles. The summed E-state index contributed by atoms with van der Waals surface area (Å²) in [6.07, 6.45) is 0. The fourth-order valence-corrected chi connectivity index (χ4v) is 2.31. The molecule has 21 heavy (non-hydrogen) atoms. The van der Waals surface area contributed by atoms with Gasteiger partial charge in [-0.2, -0.15) is 0 Å². The smallest absolute Gasteiger partial charge is 0.248 e. The number of rotatable bonds is 4. The second-order valence-corrected chi connectivity index (χ2v) is 5.78. The first-order valence-corrected chi connectivity index (χ1v) is 7.24. The van der Waals surface area contributed by atoms with E-state index in [4.69, 9.17) is 10.5 Å².